The number of piperidine rings is 1. The summed E-state index contributed by atoms with van der Waals surface area (Å²) in [6.07, 6.45) is 2.86. The van der Waals surface area contributed by atoms with Crippen LogP contribution >= 0.6 is 11.6 Å². The van der Waals surface area contributed by atoms with Crippen LogP contribution in [0.3, 0.4) is 0 Å². The molecular weight excluding hydrogens is 434 g/mol. The average molecular weight is 456 g/mol. The Hall–Kier alpha value is -3.11. The van der Waals surface area contributed by atoms with Gasteiger partial charge in [0.25, 0.3) is 5.91 Å². The lowest BCUT2D eigenvalue weighted by Crippen LogP contribution is -2.52. The molecule has 0 aliphatic carbocycles. The second-order valence-electron chi connectivity index (χ2n) is 8.18. The molecule has 5 rings (SSSR count). The number of halogens is 1. The average Bonchev–Trinajstić information content (AvgIpc) is 3.41. The van der Waals surface area contributed by atoms with Gasteiger partial charge in [0.15, 0.2) is 0 Å². The first-order chi connectivity index (χ1) is 15.5. The van der Waals surface area contributed by atoms with E-state index in [2.05, 4.69) is 25.6 Å². The van der Waals surface area contributed by atoms with E-state index in [9.17, 15) is 14.4 Å². The van der Waals surface area contributed by atoms with Crippen LogP contribution in [0.2, 0.25) is 5.28 Å². The summed E-state index contributed by atoms with van der Waals surface area (Å²) in [5.74, 6) is -0.442. The molecule has 2 atom stereocenters. The van der Waals surface area contributed by atoms with Crippen molar-refractivity contribution in [1.82, 2.24) is 30.5 Å². The summed E-state index contributed by atoms with van der Waals surface area (Å²) in [5, 5.41) is 5.81. The normalized spacial score (nSPS) is 22.8. The smallest absolute Gasteiger partial charge is 0.255 e. The van der Waals surface area contributed by atoms with Gasteiger partial charge >= 0.3 is 0 Å². The lowest BCUT2D eigenvalue weighted by Gasteiger charge is -2.30. The Bertz CT molecular complexity index is 1090. The topological polar surface area (TPSA) is 120 Å². The molecule has 2 N–H and O–H groups in total. The van der Waals surface area contributed by atoms with E-state index >= 15 is 0 Å². The van der Waals surface area contributed by atoms with Crippen molar-refractivity contribution in [2.75, 3.05) is 18.0 Å². The largest absolute Gasteiger partial charge is 0.332 e. The quantitative estimate of drug-likeness (QED) is 0.631. The van der Waals surface area contributed by atoms with Gasteiger partial charge in [0.1, 0.15) is 12.4 Å². The summed E-state index contributed by atoms with van der Waals surface area (Å²) in [4.78, 5) is 53.4. The van der Waals surface area contributed by atoms with Crippen LogP contribution in [0.4, 0.5) is 5.95 Å². The maximum Gasteiger partial charge on any atom is 0.255 e. The highest BCUT2D eigenvalue weighted by Gasteiger charge is 2.40. The molecule has 0 saturated carbocycles. The lowest BCUT2D eigenvalue weighted by atomic mass is 10.0. The fourth-order valence-electron chi connectivity index (χ4n) is 4.68. The first-order valence-corrected chi connectivity index (χ1v) is 11.0. The number of carbonyl (C=O) groups excluding carboxylic acids is 3. The predicted molar refractivity (Wildman–Crippen MR) is 115 cm³/mol. The first kappa shape index (κ1) is 20.8. The van der Waals surface area contributed by atoms with Gasteiger partial charge in [-0.2, -0.15) is 4.98 Å². The van der Waals surface area contributed by atoms with Gasteiger partial charge in [-0.15, -0.1) is 0 Å². The summed E-state index contributed by atoms with van der Waals surface area (Å²) in [5.41, 5.74) is 2.31. The molecule has 3 aliphatic heterocycles. The van der Waals surface area contributed by atoms with E-state index in [1.54, 1.807) is 4.90 Å². The van der Waals surface area contributed by atoms with Crippen LogP contribution in [0, 0.1) is 0 Å². The van der Waals surface area contributed by atoms with Crippen molar-refractivity contribution in [3.8, 4) is 0 Å². The summed E-state index contributed by atoms with van der Waals surface area (Å²) >= 11 is 6.02. The Morgan fingerprint density at radius 1 is 1.19 bits per heavy atom. The van der Waals surface area contributed by atoms with Crippen LogP contribution in [-0.2, 0) is 22.7 Å². The Balaban J connectivity index is 1.45. The van der Waals surface area contributed by atoms with Gasteiger partial charge < -0.3 is 15.1 Å². The zero-order valence-corrected chi connectivity index (χ0v) is 18.0. The van der Waals surface area contributed by atoms with E-state index in [1.807, 2.05) is 23.1 Å². The molecule has 2 unspecified atom stereocenters. The molecule has 4 heterocycles. The minimum atomic E-state index is -0.641. The van der Waals surface area contributed by atoms with Gasteiger partial charge in [0.05, 0.1) is 0 Å². The number of aromatic nitrogens is 3. The molecule has 1 aromatic carbocycles. The molecule has 10 nitrogen and oxygen atoms in total. The van der Waals surface area contributed by atoms with E-state index in [1.165, 1.54) is 6.33 Å². The standard InChI is InChI=1S/C21H22ClN7O3/c22-20-24-11-25-21(27-20)28(14-6-7-23-8-14)9-12-2-1-3-13-10-29(19(32)17(12)13)15-4-5-16(30)26-18(15)31/h1-3,11,14-15,23H,4-10H2,(H,26,30,31). The minimum Gasteiger partial charge on any atom is -0.332 e. The number of carbonyl (C=O) groups is 3. The highest BCUT2D eigenvalue weighted by molar-refractivity contribution is 6.28. The van der Waals surface area contributed by atoms with Crippen LogP contribution in [0.25, 0.3) is 0 Å². The molecule has 3 aliphatic rings. The number of rotatable bonds is 5. The third-order valence-corrected chi connectivity index (χ3v) is 6.42. The Labute approximate surface area is 189 Å². The van der Waals surface area contributed by atoms with Crippen LogP contribution < -0.4 is 15.5 Å². The molecule has 0 bridgehead atoms. The van der Waals surface area contributed by atoms with E-state index in [0.29, 0.717) is 31.0 Å². The molecule has 2 aromatic rings. The zero-order valence-electron chi connectivity index (χ0n) is 17.3. The number of fused-ring (bicyclic) bond motifs is 1. The molecule has 11 heteroatoms. The number of hydrogen-bond acceptors (Lipinski definition) is 8. The maximum absolute atomic E-state index is 13.4. The number of benzene rings is 1. The summed E-state index contributed by atoms with van der Waals surface area (Å²) in [6.45, 7) is 2.42. The van der Waals surface area contributed by atoms with E-state index in [0.717, 1.165) is 30.6 Å². The molecular formula is C21H22ClN7O3. The Morgan fingerprint density at radius 3 is 2.81 bits per heavy atom. The molecule has 1 aromatic heterocycles. The first-order valence-electron chi connectivity index (χ1n) is 10.6. The van der Waals surface area contributed by atoms with Crippen molar-refractivity contribution >= 4 is 35.3 Å². The summed E-state index contributed by atoms with van der Waals surface area (Å²) < 4.78 is 0. The van der Waals surface area contributed by atoms with E-state index in [4.69, 9.17) is 11.6 Å². The number of nitrogens with zero attached hydrogens (tertiary/aromatic N) is 5. The molecule has 166 valence electrons. The predicted octanol–water partition coefficient (Wildman–Crippen LogP) is 0.654. The third-order valence-electron chi connectivity index (χ3n) is 6.24. The van der Waals surface area contributed by atoms with E-state index in [-0.39, 0.29) is 29.6 Å². The van der Waals surface area contributed by atoms with Crippen molar-refractivity contribution in [2.45, 2.75) is 44.4 Å². The van der Waals surface area contributed by atoms with Gasteiger partial charge in [-0.05, 0) is 42.1 Å². The van der Waals surface area contributed by atoms with Gasteiger partial charge in [-0.3, -0.25) is 19.7 Å². The van der Waals surface area contributed by atoms with E-state index < -0.39 is 11.9 Å². The van der Waals surface area contributed by atoms with Gasteiger partial charge in [0, 0.05) is 37.7 Å². The number of nitrogens with one attached hydrogen (secondary N) is 2. The molecule has 0 spiro atoms. The van der Waals surface area contributed by atoms with Crippen molar-refractivity contribution in [2.24, 2.45) is 0 Å². The van der Waals surface area contributed by atoms with Crippen molar-refractivity contribution in [1.29, 1.82) is 0 Å². The third kappa shape index (κ3) is 3.80. The molecule has 2 saturated heterocycles. The van der Waals surface area contributed by atoms with Crippen molar-refractivity contribution in [3.05, 3.63) is 46.5 Å². The lowest BCUT2D eigenvalue weighted by molar-refractivity contribution is -0.136. The summed E-state index contributed by atoms with van der Waals surface area (Å²) in [6, 6.07) is 5.25. The van der Waals surface area contributed by atoms with Gasteiger partial charge in [-0.25, -0.2) is 9.97 Å². The number of anilines is 1. The SMILES string of the molecule is O=C1CCC(N2Cc3cccc(CN(c4ncnc(Cl)n4)C4CCNC4)c3C2=O)C(=O)N1. The zero-order chi connectivity index (χ0) is 22.2. The van der Waals surface area contributed by atoms with Crippen LogP contribution in [-0.4, -0.2) is 62.7 Å². The fourth-order valence-corrected chi connectivity index (χ4v) is 4.80. The Morgan fingerprint density at radius 2 is 2.06 bits per heavy atom. The van der Waals surface area contributed by atoms with Gasteiger partial charge in [-0.1, -0.05) is 18.2 Å². The van der Waals surface area contributed by atoms with Crippen LogP contribution in [0.15, 0.2) is 24.5 Å². The van der Waals surface area contributed by atoms with Crippen LogP contribution in [0.5, 0.6) is 0 Å². The second kappa shape index (κ2) is 8.44. The molecule has 0 radical (unpaired) electrons. The van der Waals surface area contributed by atoms with Gasteiger partial charge in [0.2, 0.25) is 23.0 Å². The number of hydrogen-bond donors (Lipinski definition) is 2. The molecule has 3 amide bonds. The van der Waals surface area contributed by atoms with Crippen molar-refractivity contribution in [3.63, 3.8) is 0 Å². The van der Waals surface area contributed by atoms with Crippen LogP contribution in [0.1, 0.15) is 40.7 Å². The number of imide groups is 1. The van der Waals surface area contributed by atoms with Crippen molar-refractivity contribution < 1.29 is 14.4 Å². The maximum atomic E-state index is 13.4. The highest BCUT2D eigenvalue weighted by atomic mass is 35.5. The molecule has 2 fully saturated rings. The Kier molecular flexibility index (Phi) is 5.48. The highest BCUT2D eigenvalue weighted by Crippen LogP contribution is 2.31. The number of amides is 3. The monoisotopic (exact) mass is 455 g/mol. The second-order valence-corrected chi connectivity index (χ2v) is 8.52. The summed E-state index contributed by atoms with van der Waals surface area (Å²) in [7, 11) is 0. The minimum absolute atomic E-state index is 0.115. The molecule has 32 heavy (non-hydrogen) atoms. The fraction of sp³-hybridized carbons (Fsp3) is 0.429.